The number of amides is 1. The lowest BCUT2D eigenvalue weighted by molar-refractivity contribution is 0.0442. The molecule has 4 aromatic rings. The molecule has 0 saturated carbocycles. The number of aromatic nitrogens is 4. The summed E-state index contributed by atoms with van der Waals surface area (Å²) in [4.78, 5) is 29.9. The number of halogens is 1. The smallest absolute Gasteiger partial charge is 0.275 e. The maximum absolute atomic E-state index is 14.8. The highest BCUT2D eigenvalue weighted by molar-refractivity contribution is 6.04. The number of hydrogen-bond acceptors (Lipinski definition) is 7. The van der Waals surface area contributed by atoms with Gasteiger partial charge in [-0.2, -0.15) is 0 Å². The Bertz CT molecular complexity index is 1600. The Morgan fingerprint density at radius 3 is 2.85 bits per heavy atom. The summed E-state index contributed by atoms with van der Waals surface area (Å²) in [6, 6.07) is 7.14. The molecule has 9 nitrogen and oxygen atoms in total. The second-order valence-corrected chi connectivity index (χ2v) is 10.5. The van der Waals surface area contributed by atoms with Crippen molar-refractivity contribution in [3.05, 3.63) is 70.8 Å². The van der Waals surface area contributed by atoms with Crippen LogP contribution in [0.3, 0.4) is 0 Å². The molecule has 10 heteroatoms. The molecule has 0 aliphatic carbocycles. The number of aryl methyl sites for hydroxylation is 1. The van der Waals surface area contributed by atoms with Crippen molar-refractivity contribution in [3.63, 3.8) is 0 Å². The van der Waals surface area contributed by atoms with Crippen LogP contribution in [0.15, 0.2) is 36.8 Å². The molecule has 3 aliphatic heterocycles. The topological polar surface area (TPSA) is 93.9 Å². The molecule has 0 unspecified atom stereocenters. The highest BCUT2D eigenvalue weighted by atomic mass is 19.1. The molecular formula is C29H29FN6O3. The van der Waals surface area contributed by atoms with Crippen LogP contribution in [0.4, 0.5) is 10.3 Å². The SMILES string of the molecule is Cc1ccc2c(n1)CN(CC1CCOCC1)C(=O)c1ncn3c(NCc4c(F)ccc5c4CCO5)ncc-2c13. The van der Waals surface area contributed by atoms with E-state index in [9.17, 15) is 9.18 Å². The molecule has 200 valence electrons. The van der Waals surface area contributed by atoms with Crippen molar-refractivity contribution in [1.82, 2.24) is 24.3 Å². The Hall–Kier alpha value is -4.05. The second kappa shape index (κ2) is 9.60. The molecule has 3 aromatic heterocycles. The third kappa shape index (κ3) is 4.19. The van der Waals surface area contributed by atoms with Gasteiger partial charge in [-0.15, -0.1) is 0 Å². The first kappa shape index (κ1) is 24.0. The van der Waals surface area contributed by atoms with E-state index in [1.165, 1.54) is 6.07 Å². The van der Waals surface area contributed by atoms with Gasteiger partial charge in [-0.05, 0) is 43.9 Å². The first-order valence-corrected chi connectivity index (χ1v) is 13.4. The second-order valence-electron chi connectivity index (χ2n) is 10.5. The van der Waals surface area contributed by atoms with Gasteiger partial charge in [-0.1, -0.05) is 6.07 Å². The van der Waals surface area contributed by atoms with Gasteiger partial charge in [-0.3, -0.25) is 14.2 Å². The Morgan fingerprint density at radius 2 is 1.97 bits per heavy atom. The maximum atomic E-state index is 14.8. The number of carbonyl (C=O) groups is 1. The molecule has 6 heterocycles. The van der Waals surface area contributed by atoms with Crippen molar-refractivity contribution in [1.29, 1.82) is 0 Å². The van der Waals surface area contributed by atoms with Crippen LogP contribution in [0.5, 0.6) is 5.75 Å². The first-order valence-electron chi connectivity index (χ1n) is 13.4. The van der Waals surface area contributed by atoms with E-state index in [1.807, 2.05) is 24.0 Å². The molecular weight excluding hydrogens is 499 g/mol. The Labute approximate surface area is 225 Å². The van der Waals surface area contributed by atoms with E-state index in [1.54, 1.807) is 23.0 Å². The molecule has 3 aliphatic rings. The van der Waals surface area contributed by atoms with E-state index in [2.05, 4.69) is 15.3 Å². The van der Waals surface area contributed by atoms with E-state index in [-0.39, 0.29) is 18.3 Å². The monoisotopic (exact) mass is 528 g/mol. The number of carbonyl (C=O) groups excluding carboxylic acids is 1. The molecule has 1 aromatic carbocycles. The van der Waals surface area contributed by atoms with E-state index in [0.29, 0.717) is 54.8 Å². The summed E-state index contributed by atoms with van der Waals surface area (Å²) in [6.45, 7) is 5.21. The molecule has 1 amide bonds. The van der Waals surface area contributed by atoms with Crippen LogP contribution >= 0.6 is 0 Å². The van der Waals surface area contributed by atoms with Crippen LogP contribution < -0.4 is 10.1 Å². The highest BCUT2D eigenvalue weighted by Gasteiger charge is 2.31. The zero-order valence-electron chi connectivity index (χ0n) is 21.7. The van der Waals surface area contributed by atoms with Gasteiger partial charge in [0.05, 0.1) is 24.4 Å². The Kier molecular flexibility index (Phi) is 5.92. The molecule has 0 atom stereocenters. The van der Waals surface area contributed by atoms with Gasteiger partial charge < -0.3 is 19.7 Å². The minimum atomic E-state index is -0.283. The van der Waals surface area contributed by atoms with Crippen molar-refractivity contribution in [2.45, 2.75) is 39.3 Å². The number of rotatable bonds is 5. The quantitative estimate of drug-likeness (QED) is 0.416. The van der Waals surface area contributed by atoms with Gasteiger partial charge in [-0.25, -0.2) is 14.4 Å². The van der Waals surface area contributed by atoms with E-state index >= 15 is 0 Å². The molecule has 1 N–H and O–H groups in total. The van der Waals surface area contributed by atoms with Gasteiger partial charge in [0.1, 0.15) is 17.9 Å². The van der Waals surface area contributed by atoms with Crippen LogP contribution in [0, 0.1) is 18.7 Å². The summed E-state index contributed by atoms with van der Waals surface area (Å²) in [5, 5.41) is 3.29. The number of fused-ring (bicyclic) bond motifs is 3. The summed E-state index contributed by atoms with van der Waals surface area (Å²) < 4.78 is 27.7. The molecule has 39 heavy (non-hydrogen) atoms. The zero-order chi connectivity index (χ0) is 26.5. The molecule has 7 rings (SSSR count). The van der Waals surface area contributed by atoms with Crippen LogP contribution in [0.25, 0.3) is 16.6 Å². The lowest BCUT2D eigenvalue weighted by Crippen LogP contribution is -2.38. The summed E-state index contributed by atoms with van der Waals surface area (Å²) in [6.07, 6.45) is 5.90. The van der Waals surface area contributed by atoms with Crippen molar-refractivity contribution < 1.29 is 18.7 Å². The normalized spacial score (nSPS) is 17.0. The maximum Gasteiger partial charge on any atom is 0.275 e. The predicted molar refractivity (Wildman–Crippen MR) is 142 cm³/mol. The van der Waals surface area contributed by atoms with E-state index in [0.717, 1.165) is 59.9 Å². The number of nitrogens with one attached hydrogen (secondary N) is 1. The summed E-state index contributed by atoms with van der Waals surface area (Å²) in [5.41, 5.74) is 5.96. The summed E-state index contributed by atoms with van der Waals surface area (Å²) >= 11 is 0. The van der Waals surface area contributed by atoms with Crippen LogP contribution in [-0.2, 0) is 24.2 Å². The fraction of sp³-hybridized carbons (Fsp3) is 0.379. The number of pyridine rings is 1. The van der Waals surface area contributed by atoms with Gasteiger partial charge in [0.15, 0.2) is 5.69 Å². The van der Waals surface area contributed by atoms with Crippen LogP contribution in [0.1, 0.15) is 45.8 Å². The lowest BCUT2D eigenvalue weighted by Gasteiger charge is -2.31. The predicted octanol–water partition coefficient (Wildman–Crippen LogP) is 4.17. The third-order valence-electron chi connectivity index (χ3n) is 7.98. The third-order valence-corrected chi connectivity index (χ3v) is 7.98. The number of ether oxygens (including phenoxy) is 2. The minimum Gasteiger partial charge on any atom is -0.493 e. The standard InChI is InChI=1S/C29H29FN6O3/c1-17-2-3-19-22-13-32-29(31-12-21-20-8-11-39-25(20)5-4-23(21)30)36-16-33-26(27(22)36)28(37)35(15-24(19)34-17)14-18-6-9-38-10-7-18/h2-5,13,16,18H,6-12,14-15H2,1H3,(H,31,32). The number of benzene rings is 1. The zero-order valence-corrected chi connectivity index (χ0v) is 21.7. The Balaban J connectivity index is 1.30. The number of anilines is 1. The number of imidazole rings is 1. The average molecular weight is 529 g/mol. The van der Waals surface area contributed by atoms with Crippen LogP contribution in [0.2, 0.25) is 0 Å². The van der Waals surface area contributed by atoms with Gasteiger partial charge in [0, 0.05) is 66.9 Å². The summed E-state index contributed by atoms with van der Waals surface area (Å²) in [7, 11) is 0. The highest BCUT2D eigenvalue weighted by Crippen LogP contribution is 2.35. The molecule has 1 saturated heterocycles. The Morgan fingerprint density at radius 1 is 1.10 bits per heavy atom. The average Bonchev–Trinajstić information content (AvgIpc) is 3.60. The lowest BCUT2D eigenvalue weighted by atomic mass is 9.97. The van der Waals surface area contributed by atoms with Crippen molar-refractivity contribution in [2.24, 2.45) is 5.92 Å². The van der Waals surface area contributed by atoms with Crippen molar-refractivity contribution >= 4 is 17.4 Å². The summed E-state index contributed by atoms with van der Waals surface area (Å²) in [5.74, 6) is 1.17. The molecule has 1 fully saturated rings. The minimum absolute atomic E-state index is 0.125. The fourth-order valence-electron chi connectivity index (χ4n) is 5.94. The van der Waals surface area contributed by atoms with Crippen LogP contribution in [-0.4, -0.2) is 56.5 Å². The van der Waals surface area contributed by atoms with E-state index in [4.69, 9.17) is 14.5 Å². The molecule has 0 radical (unpaired) electrons. The van der Waals surface area contributed by atoms with Gasteiger partial charge in [0.25, 0.3) is 5.91 Å². The van der Waals surface area contributed by atoms with Crippen molar-refractivity contribution in [2.75, 3.05) is 31.7 Å². The van der Waals surface area contributed by atoms with E-state index < -0.39 is 0 Å². The van der Waals surface area contributed by atoms with Gasteiger partial charge in [0.2, 0.25) is 5.95 Å². The molecule has 0 bridgehead atoms. The molecule has 0 spiro atoms. The number of nitrogens with zero attached hydrogens (tertiary/aromatic N) is 5. The number of hydrogen-bond donors (Lipinski definition) is 1. The van der Waals surface area contributed by atoms with Crippen molar-refractivity contribution in [3.8, 4) is 16.9 Å². The largest absolute Gasteiger partial charge is 0.493 e. The first-order chi connectivity index (χ1) is 19.1. The van der Waals surface area contributed by atoms with Gasteiger partial charge >= 0.3 is 0 Å². The fourth-order valence-corrected chi connectivity index (χ4v) is 5.94.